The van der Waals surface area contributed by atoms with Crippen LogP contribution in [-0.2, 0) is 14.3 Å². The Bertz CT molecular complexity index is 955. The summed E-state index contributed by atoms with van der Waals surface area (Å²) in [5, 5.41) is 2.84. The number of hydrogen-bond donors (Lipinski definition) is 1. The summed E-state index contributed by atoms with van der Waals surface area (Å²) < 4.78 is 10.6. The van der Waals surface area contributed by atoms with Crippen LogP contribution < -0.4 is 5.32 Å². The number of rotatable bonds is 6. The van der Waals surface area contributed by atoms with Crippen molar-refractivity contribution in [2.45, 2.75) is 20.0 Å². The second kappa shape index (κ2) is 8.86. The number of furan rings is 1. The standard InChI is InChI=1S/C23H21NO4/c1-16-13-17(2)15-19(14-16)24-23(26)22(18-7-4-3-5-8-18)28-21(25)11-10-20-9-6-12-27-20/h3-15,22H,1-2H3,(H,24,26)/b11-10+. The van der Waals surface area contributed by atoms with Crippen LogP contribution in [0.5, 0.6) is 0 Å². The summed E-state index contributed by atoms with van der Waals surface area (Å²) in [5.41, 5.74) is 3.31. The molecule has 3 rings (SSSR count). The predicted molar refractivity (Wildman–Crippen MR) is 108 cm³/mol. The number of nitrogens with one attached hydrogen (secondary N) is 1. The van der Waals surface area contributed by atoms with Gasteiger partial charge in [0.1, 0.15) is 5.76 Å². The summed E-state index contributed by atoms with van der Waals surface area (Å²) in [6.45, 7) is 3.91. The van der Waals surface area contributed by atoms with E-state index in [0.717, 1.165) is 11.1 Å². The van der Waals surface area contributed by atoms with Gasteiger partial charge in [0.05, 0.1) is 6.26 Å². The summed E-state index contributed by atoms with van der Waals surface area (Å²) in [6, 6.07) is 18.1. The maximum atomic E-state index is 12.9. The van der Waals surface area contributed by atoms with Gasteiger partial charge in [-0.25, -0.2) is 4.79 Å². The molecule has 142 valence electrons. The van der Waals surface area contributed by atoms with Crippen LogP contribution in [0.15, 0.2) is 77.4 Å². The van der Waals surface area contributed by atoms with Gasteiger partial charge < -0.3 is 14.5 Å². The van der Waals surface area contributed by atoms with Crippen LogP contribution in [0.2, 0.25) is 0 Å². The van der Waals surface area contributed by atoms with Gasteiger partial charge in [-0.3, -0.25) is 4.79 Å². The van der Waals surface area contributed by atoms with E-state index >= 15 is 0 Å². The molecule has 2 aromatic carbocycles. The van der Waals surface area contributed by atoms with Gasteiger partial charge in [0.15, 0.2) is 0 Å². The molecule has 5 heteroatoms. The molecule has 1 heterocycles. The van der Waals surface area contributed by atoms with Crippen LogP contribution in [0.25, 0.3) is 6.08 Å². The molecule has 0 fully saturated rings. The Hall–Kier alpha value is -3.60. The third kappa shape index (κ3) is 5.20. The molecule has 1 amide bonds. The zero-order chi connectivity index (χ0) is 19.9. The van der Waals surface area contributed by atoms with Crippen LogP contribution in [0.4, 0.5) is 5.69 Å². The molecule has 1 N–H and O–H groups in total. The van der Waals surface area contributed by atoms with E-state index in [1.807, 2.05) is 38.1 Å². The highest BCUT2D eigenvalue weighted by Crippen LogP contribution is 2.22. The molecule has 0 aliphatic rings. The molecule has 1 atom stereocenters. The Kier molecular flexibility index (Phi) is 6.07. The van der Waals surface area contributed by atoms with Crippen molar-refractivity contribution in [2.75, 3.05) is 5.32 Å². The van der Waals surface area contributed by atoms with Gasteiger partial charge in [-0.15, -0.1) is 0 Å². The van der Waals surface area contributed by atoms with Crippen LogP contribution >= 0.6 is 0 Å². The molecular weight excluding hydrogens is 354 g/mol. The topological polar surface area (TPSA) is 68.5 Å². The van der Waals surface area contributed by atoms with E-state index in [-0.39, 0.29) is 0 Å². The molecule has 1 unspecified atom stereocenters. The predicted octanol–water partition coefficient (Wildman–Crippen LogP) is 4.83. The second-order valence-electron chi connectivity index (χ2n) is 6.44. The van der Waals surface area contributed by atoms with Gasteiger partial charge in [-0.05, 0) is 55.3 Å². The monoisotopic (exact) mass is 375 g/mol. The maximum Gasteiger partial charge on any atom is 0.332 e. The molecule has 28 heavy (non-hydrogen) atoms. The number of carbonyl (C=O) groups is 2. The number of esters is 1. The number of carbonyl (C=O) groups excluding carboxylic acids is 2. The van der Waals surface area contributed by atoms with Gasteiger partial charge >= 0.3 is 5.97 Å². The van der Waals surface area contributed by atoms with E-state index in [2.05, 4.69) is 5.32 Å². The van der Waals surface area contributed by atoms with Gasteiger partial charge in [-0.1, -0.05) is 36.4 Å². The minimum Gasteiger partial charge on any atom is -0.465 e. The molecule has 0 bridgehead atoms. The van der Waals surface area contributed by atoms with Crippen molar-refractivity contribution in [1.29, 1.82) is 0 Å². The quantitative estimate of drug-likeness (QED) is 0.495. The lowest BCUT2D eigenvalue weighted by atomic mass is 10.1. The number of anilines is 1. The molecule has 3 aromatic rings. The number of amides is 1. The third-order valence-electron chi connectivity index (χ3n) is 3.99. The van der Waals surface area contributed by atoms with E-state index in [0.29, 0.717) is 17.0 Å². The molecule has 1 aromatic heterocycles. The van der Waals surface area contributed by atoms with Gasteiger partial charge in [0.25, 0.3) is 5.91 Å². The highest BCUT2D eigenvalue weighted by atomic mass is 16.5. The average molecular weight is 375 g/mol. The summed E-state index contributed by atoms with van der Waals surface area (Å²) >= 11 is 0. The lowest BCUT2D eigenvalue weighted by Gasteiger charge is -2.17. The van der Waals surface area contributed by atoms with Crippen molar-refractivity contribution in [3.8, 4) is 0 Å². The van der Waals surface area contributed by atoms with Crippen molar-refractivity contribution in [3.05, 3.63) is 95.5 Å². The summed E-state index contributed by atoms with van der Waals surface area (Å²) in [7, 11) is 0. The molecule has 0 aliphatic carbocycles. The third-order valence-corrected chi connectivity index (χ3v) is 3.99. The van der Waals surface area contributed by atoms with Crippen LogP contribution in [-0.4, -0.2) is 11.9 Å². The Balaban J connectivity index is 1.78. The lowest BCUT2D eigenvalue weighted by molar-refractivity contribution is -0.149. The highest BCUT2D eigenvalue weighted by Gasteiger charge is 2.24. The second-order valence-corrected chi connectivity index (χ2v) is 6.44. The van der Waals surface area contributed by atoms with Crippen molar-refractivity contribution in [2.24, 2.45) is 0 Å². The minimum absolute atomic E-state index is 0.420. The molecule has 0 radical (unpaired) electrons. The average Bonchev–Trinajstić information content (AvgIpc) is 3.18. The van der Waals surface area contributed by atoms with Crippen molar-refractivity contribution in [3.63, 3.8) is 0 Å². The lowest BCUT2D eigenvalue weighted by Crippen LogP contribution is -2.25. The zero-order valence-corrected chi connectivity index (χ0v) is 15.7. The summed E-state index contributed by atoms with van der Waals surface area (Å²) in [6.07, 6.45) is 3.16. The van der Waals surface area contributed by atoms with Gasteiger partial charge in [-0.2, -0.15) is 0 Å². The zero-order valence-electron chi connectivity index (χ0n) is 15.7. The number of benzene rings is 2. The van der Waals surface area contributed by atoms with Crippen molar-refractivity contribution < 1.29 is 18.7 Å². The Labute approximate surface area is 163 Å². The molecule has 0 aliphatic heterocycles. The first-order valence-corrected chi connectivity index (χ1v) is 8.87. The number of ether oxygens (including phenoxy) is 1. The minimum atomic E-state index is -1.07. The van der Waals surface area contributed by atoms with Crippen molar-refractivity contribution >= 4 is 23.6 Å². The first-order valence-electron chi connectivity index (χ1n) is 8.87. The summed E-state index contributed by atoms with van der Waals surface area (Å²) in [4.78, 5) is 25.1. The fourth-order valence-electron chi connectivity index (χ4n) is 2.85. The van der Waals surface area contributed by atoms with Gasteiger partial charge in [0, 0.05) is 17.3 Å². The van der Waals surface area contributed by atoms with E-state index in [4.69, 9.17) is 9.15 Å². The Morgan fingerprint density at radius 2 is 1.71 bits per heavy atom. The SMILES string of the molecule is Cc1cc(C)cc(NC(=O)C(OC(=O)/C=C/c2ccco2)c2ccccc2)c1. The fourth-order valence-corrected chi connectivity index (χ4v) is 2.85. The highest BCUT2D eigenvalue weighted by molar-refractivity contribution is 5.97. The van der Waals surface area contributed by atoms with Crippen molar-refractivity contribution in [1.82, 2.24) is 0 Å². The van der Waals surface area contributed by atoms with E-state index in [1.54, 1.807) is 36.4 Å². The smallest absolute Gasteiger partial charge is 0.332 e. The Morgan fingerprint density at radius 3 is 2.36 bits per heavy atom. The molecule has 0 saturated heterocycles. The summed E-state index contributed by atoms with van der Waals surface area (Å²) in [5.74, 6) is -0.537. The molecular formula is C23H21NO4. The molecule has 5 nitrogen and oxygen atoms in total. The van der Waals surface area contributed by atoms with Gasteiger partial charge in [0.2, 0.25) is 6.10 Å². The fraction of sp³-hybridized carbons (Fsp3) is 0.130. The number of hydrogen-bond acceptors (Lipinski definition) is 4. The number of aryl methyl sites for hydroxylation is 2. The van der Waals surface area contributed by atoms with Crippen LogP contribution in [0.1, 0.15) is 28.6 Å². The van der Waals surface area contributed by atoms with E-state index < -0.39 is 18.0 Å². The Morgan fingerprint density at radius 1 is 1.00 bits per heavy atom. The first-order chi connectivity index (χ1) is 13.5. The van der Waals surface area contributed by atoms with E-state index in [9.17, 15) is 9.59 Å². The molecule has 0 saturated carbocycles. The largest absolute Gasteiger partial charge is 0.465 e. The molecule has 0 spiro atoms. The maximum absolute atomic E-state index is 12.9. The first kappa shape index (κ1) is 19.2. The van der Waals surface area contributed by atoms with E-state index in [1.165, 1.54) is 18.4 Å². The van der Waals surface area contributed by atoms with Crippen LogP contribution in [0, 0.1) is 13.8 Å². The normalized spacial score (nSPS) is 11.9. The van der Waals surface area contributed by atoms with Crippen LogP contribution in [0.3, 0.4) is 0 Å².